The number of para-hydroxylation sites is 1. The molecule has 0 saturated carbocycles. The molecule has 6 nitrogen and oxygen atoms in total. The van der Waals surface area contributed by atoms with E-state index in [1.54, 1.807) is 16.2 Å². The van der Waals surface area contributed by atoms with Gasteiger partial charge in [0.05, 0.1) is 22.5 Å². The number of hydrogen-bond acceptors (Lipinski definition) is 6. The highest BCUT2D eigenvalue weighted by Gasteiger charge is 2.18. The van der Waals surface area contributed by atoms with E-state index in [4.69, 9.17) is 0 Å². The number of nitrogens with zero attached hydrogens (tertiary/aromatic N) is 5. The molecule has 0 unspecified atom stereocenters. The highest BCUT2D eigenvalue weighted by molar-refractivity contribution is 7.99. The largest absolute Gasteiger partial charge is 0.338 e. The molecule has 0 N–H and O–H groups in total. The zero-order valence-electron chi connectivity index (χ0n) is 14.7. The predicted octanol–water partition coefficient (Wildman–Crippen LogP) is 3.36. The van der Waals surface area contributed by atoms with Crippen molar-refractivity contribution >= 4 is 39.2 Å². The fourth-order valence-corrected chi connectivity index (χ4v) is 5.03. The lowest BCUT2D eigenvalue weighted by atomic mass is 10.2. The molecular weight excluding hydrogens is 366 g/mol. The minimum absolute atomic E-state index is 0.0835. The molecule has 2 aromatic heterocycles. The number of carbonyl (C=O) groups excluding carboxylic acids is 1. The molecule has 136 valence electrons. The molecule has 3 heterocycles. The number of aromatic nitrogens is 4. The van der Waals surface area contributed by atoms with Crippen molar-refractivity contribution in [1.29, 1.82) is 0 Å². The number of aryl methyl sites for hydroxylation is 1. The second kappa shape index (κ2) is 7.75. The van der Waals surface area contributed by atoms with Crippen molar-refractivity contribution in [2.75, 3.05) is 12.8 Å². The Morgan fingerprint density at radius 3 is 3.04 bits per heavy atom. The zero-order chi connectivity index (χ0) is 17.9. The van der Waals surface area contributed by atoms with Gasteiger partial charge in [0, 0.05) is 20.0 Å². The summed E-state index contributed by atoms with van der Waals surface area (Å²) in [4.78, 5) is 18.9. The number of thioether (sulfide) groups is 1. The van der Waals surface area contributed by atoms with Gasteiger partial charge >= 0.3 is 0 Å². The molecule has 1 aliphatic heterocycles. The van der Waals surface area contributed by atoms with Gasteiger partial charge < -0.3 is 9.47 Å². The van der Waals surface area contributed by atoms with E-state index in [1.807, 2.05) is 25.2 Å². The first-order valence-corrected chi connectivity index (χ1v) is 10.6. The Balaban J connectivity index is 1.36. The minimum atomic E-state index is 0.0835. The van der Waals surface area contributed by atoms with Crippen molar-refractivity contribution in [1.82, 2.24) is 24.6 Å². The van der Waals surface area contributed by atoms with Crippen LogP contribution in [0, 0.1) is 0 Å². The number of rotatable bonds is 5. The minimum Gasteiger partial charge on any atom is -0.338 e. The molecule has 0 radical (unpaired) electrons. The standard InChI is InChI=1S/C18H21N5OS2/c1-22(11-16-19-13-7-4-5-8-14(13)26-16)17(24)12-25-18-21-20-15-9-3-2-6-10-23(15)18/h4-5,7-8H,2-3,6,9-12H2,1H3. The third-order valence-corrected chi connectivity index (χ3v) is 6.51. The van der Waals surface area contributed by atoms with Crippen LogP contribution < -0.4 is 0 Å². The van der Waals surface area contributed by atoms with Crippen molar-refractivity contribution in [3.05, 3.63) is 35.1 Å². The summed E-state index contributed by atoms with van der Waals surface area (Å²) in [5, 5.41) is 10.4. The van der Waals surface area contributed by atoms with Gasteiger partial charge in [0.2, 0.25) is 5.91 Å². The van der Waals surface area contributed by atoms with Crippen LogP contribution in [0.1, 0.15) is 30.1 Å². The van der Waals surface area contributed by atoms with E-state index in [2.05, 4.69) is 25.8 Å². The highest BCUT2D eigenvalue weighted by Crippen LogP contribution is 2.24. The number of thiazole rings is 1. The van der Waals surface area contributed by atoms with Gasteiger partial charge in [-0.25, -0.2) is 4.98 Å². The number of hydrogen-bond donors (Lipinski definition) is 0. The van der Waals surface area contributed by atoms with Crippen LogP contribution in [0.3, 0.4) is 0 Å². The first kappa shape index (κ1) is 17.5. The third kappa shape index (κ3) is 3.76. The van der Waals surface area contributed by atoms with E-state index in [0.717, 1.165) is 45.6 Å². The highest BCUT2D eigenvalue weighted by atomic mass is 32.2. The van der Waals surface area contributed by atoms with E-state index >= 15 is 0 Å². The number of carbonyl (C=O) groups is 1. The number of fused-ring (bicyclic) bond motifs is 2. The monoisotopic (exact) mass is 387 g/mol. The Bertz CT molecular complexity index is 886. The van der Waals surface area contributed by atoms with Crippen LogP contribution in [0.25, 0.3) is 10.2 Å². The van der Waals surface area contributed by atoms with E-state index in [0.29, 0.717) is 12.3 Å². The van der Waals surface area contributed by atoms with Gasteiger partial charge in [-0.05, 0) is 25.0 Å². The molecular formula is C18H21N5OS2. The van der Waals surface area contributed by atoms with Crippen molar-refractivity contribution in [2.24, 2.45) is 0 Å². The third-order valence-electron chi connectivity index (χ3n) is 4.54. The molecule has 0 saturated heterocycles. The van der Waals surface area contributed by atoms with Crippen LogP contribution in [-0.4, -0.2) is 43.4 Å². The summed E-state index contributed by atoms with van der Waals surface area (Å²) in [6.07, 6.45) is 4.55. The van der Waals surface area contributed by atoms with E-state index in [1.165, 1.54) is 24.6 Å². The van der Waals surface area contributed by atoms with Gasteiger partial charge in [-0.3, -0.25) is 4.79 Å². The molecule has 3 aromatic rings. The molecule has 4 rings (SSSR count). The quantitative estimate of drug-likeness (QED) is 0.628. The molecule has 1 aliphatic rings. The Labute approximate surface area is 160 Å². The van der Waals surface area contributed by atoms with Gasteiger partial charge in [-0.2, -0.15) is 0 Å². The Kier molecular flexibility index (Phi) is 5.21. The molecule has 1 aromatic carbocycles. The van der Waals surface area contributed by atoms with Gasteiger partial charge in [-0.1, -0.05) is 30.3 Å². The van der Waals surface area contributed by atoms with Crippen LogP contribution in [0.5, 0.6) is 0 Å². The Morgan fingerprint density at radius 1 is 1.27 bits per heavy atom. The van der Waals surface area contributed by atoms with Crippen LogP contribution in [0.4, 0.5) is 0 Å². The van der Waals surface area contributed by atoms with E-state index in [-0.39, 0.29) is 5.91 Å². The van der Waals surface area contributed by atoms with E-state index < -0.39 is 0 Å². The zero-order valence-corrected chi connectivity index (χ0v) is 16.4. The maximum absolute atomic E-state index is 12.5. The van der Waals surface area contributed by atoms with Gasteiger partial charge in [-0.15, -0.1) is 21.5 Å². The predicted molar refractivity (Wildman–Crippen MR) is 104 cm³/mol. The lowest BCUT2D eigenvalue weighted by Gasteiger charge is -2.15. The summed E-state index contributed by atoms with van der Waals surface area (Å²) < 4.78 is 3.34. The van der Waals surface area contributed by atoms with Gasteiger partial charge in [0.1, 0.15) is 10.8 Å². The molecule has 0 aliphatic carbocycles. The van der Waals surface area contributed by atoms with E-state index in [9.17, 15) is 4.79 Å². The summed E-state index contributed by atoms with van der Waals surface area (Å²) in [6.45, 7) is 1.50. The van der Waals surface area contributed by atoms with Crippen LogP contribution in [0.15, 0.2) is 29.4 Å². The average molecular weight is 388 g/mol. The summed E-state index contributed by atoms with van der Waals surface area (Å²) in [7, 11) is 1.83. The Hall–Kier alpha value is -1.93. The maximum atomic E-state index is 12.5. The first-order chi connectivity index (χ1) is 12.7. The normalized spacial score (nSPS) is 14.2. The molecule has 0 spiro atoms. The topological polar surface area (TPSA) is 63.9 Å². The fraction of sp³-hybridized carbons (Fsp3) is 0.444. The van der Waals surface area contributed by atoms with Crippen molar-refractivity contribution in [2.45, 2.75) is 43.9 Å². The average Bonchev–Trinajstić information content (AvgIpc) is 3.15. The van der Waals surface area contributed by atoms with Gasteiger partial charge in [0.25, 0.3) is 0 Å². The summed E-state index contributed by atoms with van der Waals surface area (Å²) >= 11 is 3.13. The smallest absolute Gasteiger partial charge is 0.233 e. The van der Waals surface area contributed by atoms with Crippen LogP contribution in [-0.2, 0) is 24.3 Å². The Morgan fingerprint density at radius 2 is 2.15 bits per heavy atom. The van der Waals surface area contributed by atoms with Crippen molar-refractivity contribution in [3.63, 3.8) is 0 Å². The van der Waals surface area contributed by atoms with Crippen molar-refractivity contribution < 1.29 is 4.79 Å². The lowest BCUT2D eigenvalue weighted by Crippen LogP contribution is -2.27. The summed E-state index contributed by atoms with van der Waals surface area (Å²) in [6, 6.07) is 8.06. The van der Waals surface area contributed by atoms with Crippen LogP contribution in [0.2, 0.25) is 0 Å². The van der Waals surface area contributed by atoms with Crippen molar-refractivity contribution in [3.8, 4) is 0 Å². The molecule has 1 amide bonds. The fourth-order valence-electron chi connectivity index (χ4n) is 3.08. The lowest BCUT2D eigenvalue weighted by molar-refractivity contribution is -0.127. The summed E-state index contributed by atoms with van der Waals surface area (Å²) in [5.41, 5.74) is 0.994. The van der Waals surface area contributed by atoms with Crippen LogP contribution >= 0.6 is 23.1 Å². The molecule has 8 heteroatoms. The summed E-state index contributed by atoms with van der Waals surface area (Å²) in [5.74, 6) is 1.51. The maximum Gasteiger partial charge on any atom is 0.233 e. The molecule has 0 fully saturated rings. The second-order valence-electron chi connectivity index (χ2n) is 6.47. The number of amides is 1. The SMILES string of the molecule is CN(Cc1nc2ccccc2s1)C(=O)CSc1nnc2n1CCCCC2. The number of benzene rings is 1. The van der Waals surface area contributed by atoms with Gasteiger partial charge in [0.15, 0.2) is 5.16 Å². The first-order valence-electron chi connectivity index (χ1n) is 8.84. The second-order valence-corrected chi connectivity index (χ2v) is 8.53. The molecule has 26 heavy (non-hydrogen) atoms. The molecule has 0 atom stereocenters. The molecule has 0 bridgehead atoms.